The molecule has 10 heteroatoms. The second-order valence-corrected chi connectivity index (χ2v) is 3.66. The van der Waals surface area contributed by atoms with Gasteiger partial charge in [0, 0.05) is 0 Å². The Morgan fingerprint density at radius 3 is 2.52 bits per heavy atom. The second kappa shape index (κ2) is 5.91. The number of nitrogens with two attached hydrogens (primary N) is 1. The zero-order valence-electron chi connectivity index (χ0n) is 10.2. The maximum atomic E-state index is 12.8. The van der Waals surface area contributed by atoms with E-state index in [2.05, 4.69) is 5.10 Å². The number of nitriles is 1. The summed E-state index contributed by atoms with van der Waals surface area (Å²) in [7, 11) is 0. The first-order valence-corrected chi connectivity index (χ1v) is 5.19. The van der Waals surface area contributed by atoms with Gasteiger partial charge in [0.25, 0.3) is 0 Å². The molecule has 0 unspecified atom stereocenters. The van der Waals surface area contributed by atoms with Crippen LogP contribution in [0, 0.1) is 16.7 Å². The van der Waals surface area contributed by atoms with Crippen molar-refractivity contribution >= 4 is 23.2 Å². The number of aromatic carboxylic acids is 1. The van der Waals surface area contributed by atoms with Crippen molar-refractivity contribution < 1.29 is 23.1 Å². The van der Waals surface area contributed by atoms with Crippen molar-refractivity contribution in [3.05, 3.63) is 29.3 Å². The van der Waals surface area contributed by atoms with E-state index in [-0.39, 0.29) is 0 Å². The molecule has 0 saturated carbocycles. The molecule has 0 radical (unpaired) electrons. The summed E-state index contributed by atoms with van der Waals surface area (Å²) in [6.07, 6.45) is -4.83. The maximum absolute atomic E-state index is 12.8. The number of carboxylic acids is 1. The summed E-state index contributed by atoms with van der Waals surface area (Å²) in [5, 5.41) is 27.5. The van der Waals surface area contributed by atoms with Crippen LogP contribution >= 0.6 is 0 Å². The van der Waals surface area contributed by atoms with E-state index in [1.807, 2.05) is 5.43 Å². The van der Waals surface area contributed by atoms with E-state index in [0.717, 1.165) is 12.1 Å². The number of halogens is 3. The minimum Gasteiger partial charge on any atom is -0.478 e. The number of nitrogens with one attached hydrogen (secondary N) is 2. The van der Waals surface area contributed by atoms with Gasteiger partial charge in [0.1, 0.15) is 6.07 Å². The Kier molecular flexibility index (Phi) is 4.49. The van der Waals surface area contributed by atoms with Gasteiger partial charge in [-0.2, -0.15) is 23.5 Å². The standard InChI is InChI=1S/C11H8F3N5O2/c12-11(13,14)6-3-5(10(20)21)1-2-7(6)18-19-8(4-15)9(16)17/h1-3,18H,(H3,16,17)(H,20,21)/b19-8+. The molecule has 0 atom stereocenters. The van der Waals surface area contributed by atoms with Crippen LogP contribution in [0.25, 0.3) is 0 Å². The van der Waals surface area contributed by atoms with Crippen LogP contribution in [-0.2, 0) is 6.18 Å². The molecule has 0 aromatic heterocycles. The molecule has 0 aliphatic rings. The summed E-state index contributed by atoms with van der Waals surface area (Å²) >= 11 is 0. The van der Waals surface area contributed by atoms with Gasteiger partial charge in [0.15, 0.2) is 5.84 Å². The van der Waals surface area contributed by atoms with E-state index in [9.17, 15) is 18.0 Å². The van der Waals surface area contributed by atoms with Crippen molar-refractivity contribution in [2.45, 2.75) is 6.18 Å². The molecule has 0 aliphatic carbocycles. The Balaban J connectivity index is 3.28. The number of hydrazone groups is 1. The second-order valence-electron chi connectivity index (χ2n) is 3.66. The first kappa shape index (κ1) is 16.0. The molecular formula is C11H8F3N5O2. The SMILES string of the molecule is N#C/C(=N\Nc1ccc(C(=O)O)cc1C(F)(F)F)C(=N)N. The topological polar surface area (TPSA) is 135 Å². The molecule has 7 nitrogen and oxygen atoms in total. The van der Waals surface area contributed by atoms with Crippen molar-refractivity contribution in [3.63, 3.8) is 0 Å². The van der Waals surface area contributed by atoms with Crippen molar-refractivity contribution in [3.8, 4) is 6.07 Å². The Morgan fingerprint density at radius 2 is 2.10 bits per heavy atom. The fraction of sp³-hybridized carbons (Fsp3) is 0.0909. The third-order valence-corrected chi connectivity index (χ3v) is 2.22. The normalized spacial score (nSPS) is 11.6. The number of alkyl halides is 3. The molecule has 0 saturated heterocycles. The number of carboxylic acid groups (broad SMARTS) is 1. The van der Waals surface area contributed by atoms with Gasteiger partial charge in [0.2, 0.25) is 5.71 Å². The van der Waals surface area contributed by atoms with E-state index < -0.39 is 40.5 Å². The van der Waals surface area contributed by atoms with Crippen LogP contribution in [0.3, 0.4) is 0 Å². The lowest BCUT2D eigenvalue weighted by Gasteiger charge is -2.13. The fourth-order valence-electron chi connectivity index (χ4n) is 1.27. The minimum absolute atomic E-state index is 0.431. The van der Waals surface area contributed by atoms with E-state index in [1.54, 1.807) is 0 Å². The van der Waals surface area contributed by atoms with Gasteiger partial charge in [-0.25, -0.2) is 4.79 Å². The van der Waals surface area contributed by atoms with E-state index in [0.29, 0.717) is 6.07 Å². The van der Waals surface area contributed by atoms with Gasteiger partial charge < -0.3 is 10.8 Å². The van der Waals surface area contributed by atoms with Crippen LogP contribution in [0.4, 0.5) is 18.9 Å². The van der Waals surface area contributed by atoms with E-state index >= 15 is 0 Å². The van der Waals surface area contributed by atoms with E-state index in [1.165, 1.54) is 6.07 Å². The minimum atomic E-state index is -4.83. The highest BCUT2D eigenvalue weighted by Gasteiger charge is 2.34. The van der Waals surface area contributed by atoms with E-state index in [4.69, 9.17) is 21.5 Å². The largest absolute Gasteiger partial charge is 0.478 e. The van der Waals surface area contributed by atoms with Crippen LogP contribution in [0.5, 0.6) is 0 Å². The number of carbonyl (C=O) groups is 1. The van der Waals surface area contributed by atoms with Crippen LogP contribution in [-0.4, -0.2) is 22.6 Å². The van der Waals surface area contributed by atoms with Crippen LogP contribution in [0.1, 0.15) is 15.9 Å². The molecule has 21 heavy (non-hydrogen) atoms. The lowest BCUT2D eigenvalue weighted by Crippen LogP contribution is -2.22. The van der Waals surface area contributed by atoms with Crippen molar-refractivity contribution in [1.82, 2.24) is 0 Å². The number of nitrogens with zero attached hydrogens (tertiary/aromatic N) is 2. The average molecular weight is 299 g/mol. The lowest BCUT2D eigenvalue weighted by molar-refractivity contribution is -0.137. The van der Waals surface area contributed by atoms with Crippen molar-refractivity contribution in [2.75, 3.05) is 5.43 Å². The highest BCUT2D eigenvalue weighted by Crippen LogP contribution is 2.35. The van der Waals surface area contributed by atoms with Crippen molar-refractivity contribution in [1.29, 1.82) is 10.7 Å². The smallest absolute Gasteiger partial charge is 0.418 e. The molecule has 0 heterocycles. The predicted molar refractivity (Wildman–Crippen MR) is 67.0 cm³/mol. The summed E-state index contributed by atoms with van der Waals surface area (Å²) in [6.45, 7) is 0. The molecule has 1 aromatic carbocycles. The van der Waals surface area contributed by atoms with Gasteiger partial charge in [-0.1, -0.05) is 0 Å². The van der Waals surface area contributed by atoms with Gasteiger partial charge in [-0.3, -0.25) is 10.8 Å². The molecule has 0 fully saturated rings. The molecule has 1 aromatic rings. The van der Waals surface area contributed by atoms with Gasteiger partial charge in [-0.05, 0) is 18.2 Å². The summed E-state index contributed by atoms with van der Waals surface area (Å²) < 4.78 is 38.5. The summed E-state index contributed by atoms with van der Waals surface area (Å²) in [6, 6.07) is 3.64. The van der Waals surface area contributed by atoms with Gasteiger partial charge in [-0.15, -0.1) is 0 Å². The summed E-state index contributed by atoms with van der Waals surface area (Å²) in [4.78, 5) is 10.7. The molecular weight excluding hydrogens is 291 g/mol. The van der Waals surface area contributed by atoms with Gasteiger partial charge in [0.05, 0.1) is 16.8 Å². The number of rotatable bonds is 4. The molecule has 0 aliphatic heterocycles. The molecule has 110 valence electrons. The number of anilines is 1. The molecule has 1 rings (SSSR count). The molecule has 0 bridgehead atoms. The monoisotopic (exact) mass is 299 g/mol. The average Bonchev–Trinajstić information content (AvgIpc) is 2.37. The molecule has 0 amide bonds. The zero-order valence-corrected chi connectivity index (χ0v) is 10.2. The number of benzene rings is 1. The Morgan fingerprint density at radius 1 is 1.48 bits per heavy atom. The fourth-order valence-corrected chi connectivity index (χ4v) is 1.27. The third kappa shape index (κ3) is 3.93. The number of hydrogen-bond acceptors (Lipinski definition) is 5. The van der Waals surface area contributed by atoms with Crippen LogP contribution in [0.2, 0.25) is 0 Å². The zero-order chi connectivity index (χ0) is 16.2. The first-order chi connectivity index (χ1) is 9.66. The summed E-state index contributed by atoms with van der Waals surface area (Å²) in [5.41, 5.74) is 3.94. The number of amidine groups is 1. The highest BCUT2D eigenvalue weighted by atomic mass is 19.4. The predicted octanol–water partition coefficient (Wildman–Crippen LogP) is 1.63. The Bertz CT molecular complexity index is 661. The highest BCUT2D eigenvalue weighted by molar-refractivity contribution is 6.45. The third-order valence-electron chi connectivity index (χ3n) is 2.22. The van der Waals surface area contributed by atoms with Crippen molar-refractivity contribution in [2.24, 2.45) is 10.8 Å². The summed E-state index contributed by atoms with van der Waals surface area (Å²) in [5.74, 6) is -2.24. The Labute approximate surface area is 116 Å². The number of hydrogen-bond donors (Lipinski definition) is 4. The van der Waals surface area contributed by atoms with Gasteiger partial charge >= 0.3 is 12.1 Å². The molecule has 5 N–H and O–H groups in total. The molecule has 0 spiro atoms. The quantitative estimate of drug-likeness (QED) is 0.380. The Hall–Kier alpha value is -3.09. The first-order valence-electron chi connectivity index (χ1n) is 5.19. The van der Waals surface area contributed by atoms with Crippen LogP contribution < -0.4 is 11.2 Å². The maximum Gasteiger partial charge on any atom is 0.418 e. The lowest BCUT2D eigenvalue weighted by atomic mass is 10.1. The van der Waals surface area contributed by atoms with Crippen LogP contribution in [0.15, 0.2) is 23.3 Å².